The third-order valence-corrected chi connectivity index (χ3v) is 21.0. The molecule has 2 heterocycles. The largest absolute Gasteiger partial charge is 0.300 e. The van der Waals surface area contributed by atoms with E-state index in [1.807, 2.05) is 0 Å². The molecule has 0 N–H and O–H groups in total. The minimum absolute atomic E-state index is 0.625. The van der Waals surface area contributed by atoms with Crippen LogP contribution in [0.4, 0.5) is 0 Å². The predicted molar refractivity (Wildman–Crippen MR) is 396 cm³/mol. The van der Waals surface area contributed by atoms with E-state index >= 15 is 0 Å². The van der Waals surface area contributed by atoms with E-state index in [2.05, 4.69) is 393 Å². The Morgan fingerprint density at radius 3 is 0.365 bits per heavy atom. The summed E-state index contributed by atoms with van der Waals surface area (Å²) in [5.41, 5.74) is 12.7. The summed E-state index contributed by atoms with van der Waals surface area (Å²) in [6.45, 7) is 11.8. The molecule has 0 aromatic heterocycles. The molecule has 0 spiro atoms. The maximum Gasteiger partial charge on any atom is 0.0973 e. The minimum atomic E-state index is -0.625. The Morgan fingerprint density at radius 2 is 0.250 bits per heavy atom. The zero-order chi connectivity index (χ0) is 64.7. The van der Waals surface area contributed by atoms with Gasteiger partial charge in [0.25, 0.3) is 0 Å². The van der Waals surface area contributed by atoms with Crippen molar-refractivity contribution in [2.24, 2.45) is 0 Å². The van der Waals surface area contributed by atoms with E-state index in [0.29, 0.717) is 0 Å². The second-order valence-electron chi connectivity index (χ2n) is 25.9. The minimum Gasteiger partial charge on any atom is -0.300 e. The van der Waals surface area contributed by atoms with Crippen molar-refractivity contribution in [3.05, 3.63) is 431 Å². The van der Waals surface area contributed by atoms with Crippen molar-refractivity contribution in [3.63, 3.8) is 0 Å². The van der Waals surface area contributed by atoms with Gasteiger partial charge in [0.1, 0.15) is 0 Å². The van der Waals surface area contributed by atoms with Gasteiger partial charge in [0, 0.05) is 91.6 Å². The first-order valence-electron chi connectivity index (χ1n) is 34.7. The Bertz CT molecular complexity index is 3310. The molecule has 2 fully saturated rings. The molecule has 0 amide bonds. The first-order chi connectivity index (χ1) is 47.6. The van der Waals surface area contributed by atoms with Gasteiger partial charge in [-0.15, -0.1) is 0 Å². The van der Waals surface area contributed by atoms with Gasteiger partial charge in [-0.2, -0.15) is 0 Å². The van der Waals surface area contributed by atoms with Crippen LogP contribution in [0.25, 0.3) is 0 Å². The number of hydrogen-bond acceptors (Lipinski definition) is 6. The Hall–Kier alpha value is -9.60. The van der Waals surface area contributed by atoms with Crippen LogP contribution in [0, 0.1) is 0 Å². The second kappa shape index (κ2) is 30.0. The van der Waals surface area contributed by atoms with E-state index in [0.717, 1.165) is 91.6 Å². The molecule has 0 aliphatic carbocycles. The van der Waals surface area contributed by atoms with Crippen molar-refractivity contribution in [3.8, 4) is 0 Å². The van der Waals surface area contributed by atoms with Crippen LogP contribution in [-0.4, -0.2) is 121 Å². The highest BCUT2D eigenvalue weighted by Crippen LogP contribution is 2.48. The van der Waals surface area contributed by atoms with Crippen LogP contribution >= 0.6 is 0 Å². The third-order valence-electron chi connectivity index (χ3n) is 21.0. The zero-order valence-corrected chi connectivity index (χ0v) is 55.2. The monoisotopic (exact) mass is 1250 g/mol. The van der Waals surface area contributed by atoms with Gasteiger partial charge in [-0.25, -0.2) is 0 Å². The molecule has 12 aromatic rings. The molecule has 14 rings (SSSR count). The molecule has 0 radical (unpaired) electrons. The molecule has 0 unspecified atom stereocenters. The Morgan fingerprint density at radius 1 is 0.146 bits per heavy atom. The lowest BCUT2D eigenvalue weighted by Gasteiger charge is -2.49. The molecule has 0 bridgehead atoms. The smallest absolute Gasteiger partial charge is 0.0973 e. The molecule has 2 aliphatic rings. The van der Waals surface area contributed by atoms with Gasteiger partial charge >= 0.3 is 0 Å². The van der Waals surface area contributed by atoms with Crippen molar-refractivity contribution < 1.29 is 0 Å². The Kier molecular flexibility index (Phi) is 19.9. The molecule has 2 saturated heterocycles. The third kappa shape index (κ3) is 12.4. The zero-order valence-electron chi connectivity index (χ0n) is 55.2. The molecule has 6 nitrogen and oxygen atoms in total. The summed E-state index contributed by atoms with van der Waals surface area (Å²) in [5.74, 6) is 0. The second-order valence-corrected chi connectivity index (χ2v) is 25.9. The van der Waals surface area contributed by atoms with E-state index in [-0.39, 0.29) is 0 Å². The fraction of sp³-hybridized carbons (Fsp3) is 0.200. The highest BCUT2D eigenvalue weighted by Gasteiger charge is 2.49. The highest BCUT2D eigenvalue weighted by molar-refractivity contribution is 5.55. The van der Waals surface area contributed by atoms with Crippen LogP contribution in [0.2, 0.25) is 0 Å². The van der Waals surface area contributed by atoms with Crippen molar-refractivity contribution in [2.75, 3.05) is 91.6 Å². The van der Waals surface area contributed by atoms with Gasteiger partial charge in [-0.3, -0.25) is 29.4 Å². The first-order valence-corrected chi connectivity index (χ1v) is 34.7. The maximum atomic E-state index is 2.85. The van der Waals surface area contributed by atoms with Gasteiger partial charge in [-0.1, -0.05) is 364 Å². The van der Waals surface area contributed by atoms with Crippen molar-refractivity contribution >= 4 is 0 Å². The van der Waals surface area contributed by atoms with Gasteiger partial charge in [-0.05, 0) is 66.8 Å². The molecular weight excluding hydrogens is 1170 g/mol. The average molecular weight is 1250 g/mol. The van der Waals surface area contributed by atoms with E-state index in [9.17, 15) is 0 Å². The highest BCUT2D eigenvalue weighted by atomic mass is 15.3. The molecule has 0 atom stereocenters. The van der Waals surface area contributed by atoms with Crippen LogP contribution in [0.15, 0.2) is 364 Å². The van der Waals surface area contributed by atoms with Gasteiger partial charge in [0.2, 0.25) is 0 Å². The summed E-state index contributed by atoms with van der Waals surface area (Å²) in [6.07, 6.45) is 0. The number of benzene rings is 12. The lowest BCUT2D eigenvalue weighted by molar-refractivity contribution is 0.107. The van der Waals surface area contributed by atoms with Gasteiger partial charge in [0.05, 0.1) is 22.2 Å². The summed E-state index contributed by atoms with van der Waals surface area (Å²) < 4.78 is 0. The summed E-state index contributed by atoms with van der Waals surface area (Å²) in [4.78, 5) is 17.1. The molecule has 0 saturated carbocycles. The fourth-order valence-corrected chi connectivity index (χ4v) is 16.6. The van der Waals surface area contributed by atoms with Crippen molar-refractivity contribution in [1.29, 1.82) is 0 Å². The van der Waals surface area contributed by atoms with Gasteiger partial charge in [0.15, 0.2) is 0 Å². The molecule has 12 aromatic carbocycles. The average Bonchev–Trinajstić information content (AvgIpc) is 0.963. The fourth-order valence-electron chi connectivity index (χ4n) is 16.6. The molecule has 96 heavy (non-hydrogen) atoms. The standard InChI is InChI=1S/C90H88N6/c1-13-37-75(38-14-1)87(76-39-15-2-16-40-76,77-41-17-3-18-42-77)93-67-63-91(64-68-94(72-71-93)88(78-43-19-4-20-44-78,79-45-21-5-22-46-79)80-47-23-6-24-48-80)61-62-92-65-69-95(89(81-49-25-7-26-50-81,82-51-27-8-28-52-82)83-53-29-9-30-54-83)73-74-96(70-66-92)90(84-55-31-10-32-56-84,85-57-33-11-34-58-85)86-59-35-12-36-60-86/h1-60H,61-74H2. The first kappa shape index (κ1) is 63.8. The Labute approximate surface area is 570 Å². The lowest BCUT2D eigenvalue weighted by Crippen LogP contribution is -2.55. The molecular formula is C90H88N6. The van der Waals surface area contributed by atoms with Crippen LogP contribution in [0.5, 0.6) is 0 Å². The number of hydrogen-bond donors (Lipinski definition) is 0. The summed E-state index contributed by atoms with van der Waals surface area (Å²) in [7, 11) is 0. The quantitative estimate of drug-likeness (QED) is 0.0746. The topological polar surface area (TPSA) is 19.4 Å². The van der Waals surface area contributed by atoms with Crippen molar-refractivity contribution in [2.45, 2.75) is 22.2 Å². The van der Waals surface area contributed by atoms with Crippen molar-refractivity contribution in [1.82, 2.24) is 29.4 Å². The van der Waals surface area contributed by atoms with Crippen LogP contribution in [0.3, 0.4) is 0 Å². The van der Waals surface area contributed by atoms with Crippen LogP contribution < -0.4 is 0 Å². The SMILES string of the molecule is c1ccc(C(c2ccccc2)(c2ccccc2)N2CCN(CCN3CCN(C(c4ccccc4)(c4ccccc4)c4ccccc4)CCN(C(c4ccccc4)(c4ccccc4)c4ccccc4)CC3)CCN(C(c3ccccc3)(c3ccccc3)c3ccccc3)CC2)cc1. The van der Waals surface area contributed by atoms with E-state index < -0.39 is 22.2 Å². The summed E-state index contributed by atoms with van der Waals surface area (Å²) in [5, 5.41) is 0. The summed E-state index contributed by atoms with van der Waals surface area (Å²) in [6, 6.07) is 136. The van der Waals surface area contributed by atoms with E-state index in [4.69, 9.17) is 0 Å². The number of nitrogens with zero attached hydrogens (tertiary/aromatic N) is 6. The predicted octanol–water partition coefficient (Wildman–Crippen LogP) is 16.8. The summed E-state index contributed by atoms with van der Waals surface area (Å²) >= 11 is 0. The van der Waals surface area contributed by atoms with Crippen LogP contribution in [-0.2, 0) is 22.2 Å². The van der Waals surface area contributed by atoms with Gasteiger partial charge < -0.3 is 0 Å². The molecule has 6 heteroatoms. The normalized spacial score (nSPS) is 15.9. The van der Waals surface area contributed by atoms with Crippen LogP contribution in [0.1, 0.15) is 66.8 Å². The lowest BCUT2D eigenvalue weighted by atomic mass is 9.74. The molecule has 478 valence electrons. The van der Waals surface area contributed by atoms with E-state index in [1.54, 1.807) is 0 Å². The number of rotatable bonds is 19. The van der Waals surface area contributed by atoms with E-state index in [1.165, 1.54) is 66.8 Å². The maximum absolute atomic E-state index is 2.85. The molecule has 2 aliphatic heterocycles. The Balaban J connectivity index is 0.914.